The zero-order chi connectivity index (χ0) is 18.2. The summed E-state index contributed by atoms with van der Waals surface area (Å²) in [6, 6.07) is 4.65. The molecular weight excluding hydrogens is 390 g/mol. The van der Waals surface area contributed by atoms with Crippen LogP contribution in [-0.4, -0.2) is 37.6 Å². The lowest BCUT2D eigenvalue weighted by Crippen LogP contribution is -2.46. The molecule has 25 heavy (non-hydrogen) atoms. The summed E-state index contributed by atoms with van der Waals surface area (Å²) in [6.45, 7) is 2.59. The van der Waals surface area contributed by atoms with E-state index in [1.54, 1.807) is 12.1 Å². The van der Waals surface area contributed by atoms with E-state index < -0.39 is 6.04 Å². The summed E-state index contributed by atoms with van der Waals surface area (Å²) < 4.78 is 11.6. The number of carbonyl (C=O) groups excluding carboxylic acids is 2. The van der Waals surface area contributed by atoms with Crippen LogP contribution in [0.5, 0.6) is 11.5 Å². The maximum absolute atomic E-state index is 12.1. The minimum atomic E-state index is -0.533. The van der Waals surface area contributed by atoms with E-state index in [1.165, 1.54) is 0 Å². The third-order valence-corrected chi connectivity index (χ3v) is 4.25. The van der Waals surface area contributed by atoms with E-state index in [2.05, 4.69) is 26.6 Å². The topological polar surface area (TPSA) is 100 Å². The van der Waals surface area contributed by atoms with E-state index in [1.807, 2.05) is 13.0 Å². The summed E-state index contributed by atoms with van der Waals surface area (Å²) in [6.07, 6.45) is 2.40. The normalized spacial score (nSPS) is 17.0. The van der Waals surface area contributed by atoms with Gasteiger partial charge >= 0.3 is 0 Å². The van der Waals surface area contributed by atoms with Gasteiger partial charge in [0.25, 0.3) is 5.91 Å². The Morgan fingerprint density at radius 3 is 2.96 bits per heavy atom. The van der Waals surface area contributed by atoms with Crippen molar-refractivity contribution in [1.82, 2.24) is 10.6 Å². The fraction of sp³-hybridized carbons (Fsp3) is 0.471. The molecule has 1 aromatic carbocycles. The van der Waals surface area contributed by atoms with Gasteiger partial charge in [-0.2, -0.15) is 5.26 Å². The van der Waals surface area contributed by atoms with Crippen LogP contribution in [0.15, 0.2) is 16.6 Å². The van der Waals surface area contributed by atoms with Gasteiger partial charge in [-0.05, 0) is 48.2 Å². The van der Waals surface area contributed by atoms with Gasteiger partial charge in [0.15, 0.2) is 18.1 Å². The second-order valence-corrected chi connectivity index (χ2v) is 6.38. The number of hydrogen-bond acceptors (Lipinski definition) is 5. The highest BCUT2D eigenvalue weighted by atomic mass is 79.9. The first-order valence-electron chi connectivity index (χ1n) is 8.11. The molecule has 1 aromatic rings. The number of halogens is 1. The van der Waals surface area contributed by atoms with E-state index in [4.69, 9.17) is 14.7 Å². The minimum Gasteiger partial charge on any atom is -0.490 e. The molecule has 1 atom stereocenters. The molecule has 2 rings (SSSR count). The van der Waals surface area contributed by atoms with Crippen LogP contribution in [0.4, 0.5) is 0 Å². The Labute approximate surface area is 154 Å². The first kappa shape index (κ1) is 19.1. The van der Waals surface area contributed by atoms with Crippen molar-refractivity contribution in [3.63, 3.8) is 0 Å². The molecule has 0 aliphatic carbocycles. The number of hydrogen-bond donors (Lipinski definition) is 2. The Kier molecular flexibility index (Phi) is 7.07. The van der Waals surface area contributed by atoms with Gasteiger partial charge in [-0.25, -0.2) is 0 Å². The van der Waals surface area contributed by atoms with Crippen LogP contribution in [-0.2, 0) is 9.59 Å². The minimum absolute atomic E-state index is 0.166. The molecule has 134 valence electrons. The maximum atomic E-state index is 12.1. The predicted molar refractivity (Wildman–Crippen MR) is 94.3 cm³/mol. The van der Waals surface area contributed by atoms with Crippen molar-refractivity contribution in [2.45, 2.75) is 32.2 Å². The molecule has 0 saturated carbocycles. The second kappa shape index (κ2) is 9.28. The zero-order valence-electron chi connectivity index (χ0n) is 13.9. The van der Waals surface area contributed by atoms with Crippen molar-refractivity contribution in [2.75, 3.05) is 19.8 Å². The molecule has 0 radical (unpaired) electrons. The quantitative estimate of drug-likeness (QED) is 0.746. The molecule has 1 unspecified atom stereocenters. The number of amides is 2. The maximum Gasteiger partial charge on any atom is 0.258 e. The molecule has 1 fully saturated rings. The monoisotopic (exact) mass is 409 g/mol. The molecule has 7 nitrogen and oxygen atoms in total. The molecule has 1 heterocycles. The van der Waals surface area contributed by atoms with Gasteiger partial charge in [0.05, 0.1) is 22.7 Å². The standard InChI is InChI=1S/C17H20BrN3O4/c1-2-24-14-8-11(9-19)7-12(18)16(14)25-10-15(22)21-13-5-3-4-6-20-17(13)23/h7-8,13H,2-6,10H2,1H3,(H,20,23)(H,21,22). The number of nitrogens with zero attached hydrogens (tertiary/aromatic N) is 1. The lowest BCUT2D eigenvalue weighted by Gasteiger charge is -2.17. The van der Waals surface area contributed by atoms with Gasteiger partial charge in [-0.15, -0.1) is 0 Å². The molecule has 2 amide bonds. The highest BCUT2D eigenvalue weighted by Gasteiger charge is 2.23. The Hall–Kier alpha value is -2.27. The van der Waals surface area contributed by atoms with Crippen LogP contribution < -0.4 is 20.1 Å². The number of ether oxygens (including phenoxy) is 2. The largest absolute Gasteiger partial charge is 0.490 e. The van der Waals surface area contributed by atoms with Gasteiger partial charge in [-0.3, -0.25) is 9.59 Å². The third kappa shape index (κ3) is 5.36. The van der Waals surface area contributed by atoms with Gasteiger partial charge < -0.3 is 20.1 Å². The van der Waals surface area contributed by atoms with Crippen LogP contribution >= 0.6 is 15.9 Å². The summed E-state index contributed by atoms with van der Waals surface area (Å²) in [4.78, 5) is 24.0. The summed E-state index contributed by atoms with van der Waals surface area (Å²) in [5, 5.41) is 14.5. The van der Waals surface area contributed by atoms with Crippen molar-refractivity contribution in [2.24, 2.45) is 0 Å². The molecule has 1 aliphatic rings. The van der Waals surface area contributed by atoms with Gasteiger partial charge in [0.2, 0.25) is 5.91 Å². The van der Waals surface area contributed by atoms with Crippen LogP contribution in [0.25, 0.3) is 0 Å². The van der Waals surface area contributed by atoms with Crippen molar-refractivity contribution in [3.8, 4) is 17.6 Å². The van der Waals surface area contributed by atoms with E-state index in [9.17, 15) is 9.59 Å². The number of benzene rings is 1. The van der Waals surface area contributed by atoms with Crippen LogP contribution in [0, 0.1) is 11.3 Å². The average Bonchev–Trinajstić information content (AvgIpc) is 2.78. The number of nitriles is 1. The second-order valence-electron chi connectivity index (χ2n) is 5.53. The molecular formula is C17H20BrN3O4. The van der Waals surface area contributed by atoms with E-state index in [0.717, 1.165) is 12.8 Å². The van der Waals surface area contributed by atoms with Crippen LogP contribution in [0.1, 0.15) is 31.7 Å². The van der Waals surface area contributed by atoms with Crippen molar-refractivity contribution in [1.29, 1.82) is 5.26 Å². The van der Waals surface area contributed by atoms with Gasteiger partial charge in [0, 0.05) is 12.6 Å². The Morgan fingerprint density at radius 2 is 2.24 bits per heavy atom. The lowest BCUT2D eigenvalue weighted by atomic mass is 10.1. The van der Waals surface area contributed by atoms with Crippen LogP contribution in [0.2, 0.25) is 0 Å². The molecule has 1 aliphatic heterocycles. The Balaban J connectivity index is 2.01. The van der Waals surface area contributed by atoms with E-state index in [0.29, 0.717) is 41.1 Å². The number of rotatable bonds is 6. The first-order chi connectivity index (χ1) is 12.0. The Morgan fingerprint density at radius 1 is 1.44 bits per heavy atom. The highest BCUT2D eigenvalue weighted by Crippen LogP contribution is 2.36. The molecule has 8 heteroatoms. The average molecular weight is 410 g/mol. The predicted octanol–water partition coefficient (Wildman–Crippen LogP) is 1.88. The lowest BCUT2D eigenvalue weighted by molar-refractivity contribution is -0.129. The first-order valence-corrected chi connectivity index (χ1v) is 8.90. The van der Waals surface area contributed by atoms with Crippen molar-refractivity contribution in [3.05, 3.63) is 22.2 Å². The van der Waals surface area contributed by atoms with Crippen molar-refractivity contribution < 1.29 is 19.1 Å². The molecule has 0 bridgehead atoms. The fourth-order valence-corrected chi connectivity index (χ4v) is 3.04. The van der Waals surface area contributed by atoms with Gasteiger partial charge in [0.1, 0.15) is 6.04 Å². The third-order valence-electron chi connectivity index (χ3n) is 3.66. The molecule has 2 N–H and O–H groups in total. The zero-order valence-corrected chi connectivity index (χ0v) is 15.5. The molecule has 0 spiro atoms. The highest BCUT2D eigenvalue weighted by molar-refractivity contribution is 9.10. The van der Waals surface area contributed by atoms with E-state index >= 15 is 0 Å². The summed E-state index contributed by atoms with van der Waals surface area (Å²) >= 11 is 3.33. The smallest absolute Gasteiger partial charge is 0.258 e. The Bertz CT molecular complexity index is 687. The fourth-order valence-electron chi connectivity index (χ4n) is 2.49. The van der Waals surface area contributed by atoms with E-state index in [-0.39, 0.29) is 18.4 Å². The molecule has 0 aromatic heterocycles. The summed E-state index contributed by atoms with van der Waals surface area (Å²) in [5.41, 5.74) is 0.419. The van der Waals surface area contributed by atoms with Gasteiger partial charge in [-0.1, -0.05) is 0 Å². The number of nitrogens with one attached hydrogen (secondary N) is 2. The van der Waals surface area contributed by atoms with Crippen molar-refractivity contribution >= 4 is 27.7 Å². The summed E-state index contributed by atoms with van der Waals surface area (Å²) in [7, 11) is 0. The SMILES string of the molecule is CCOc1cc(C#N)cc(Br)c1OCC(=O)NC1CCCCNC1=O. The summed E-state index contributed by atoms with van der Waals surface area (Å²) in [5.74, 6) is 0.177. The van der Waals surface area contributed by atoms with Crippen LogP contribution in [0.3, 0.4) is 0 Å². The number of carbonyl (C=O) groups is 2. The molecule has 1 saturated heterocycles.